The Balaban J connectivity index is 1.80. The number of nitrogens with zero attached hydrogens (tertiary/aromatic N) is 1. The second kappa shape index (κ2) is 7.88. The van der Waals surface area contributed by atoms with Crippen molar-refractivity contribution in [3.63, 3.8) is 0 Å². The van der Waals surface area contributed by atoms with Crippen LogP contribution in [-0.4, -0.2) is 39.7 Å². The maximum atomic E-state index is 13.0. The predicted molar refractivity (Wildman–Crippen MR) is 114 cm³/mol. The number of carbonyl (C=O) groups excluding carboxylic acids is 1. The molecule has 152 valence electrons. The van der Waals surface area contributed by atoms with Crippen LogP contribution in [0, 0.1) is 30.0 Å². The predicted octanol–water partition coefficient (Wildman–Crippen LogP) is 4.18. The molecule has 0 bridgehead atoms. The van der Waals surface area contributed by atoms with Crippen molar-refractivity contribution in [2.24, 2.45) is 11.3 Å². The van der Waals surface area contributed by atoms with Crippen LogP contribution in [0.4, 0.5) is 0 Å². The van der Waals surface area contributed by atoms with E-state index in [2.05, 4.69) is 31.4 Å². The first-order valence-electron chi connectivity index (χ1n) is 10.2. The molecule has 2 fully saturated rings. The molecule has 4 nitrogen and oxygen atoms in total. The Kier molecular flexibility index (Phi) is 6.04. The number of hydrogen-bond acceptors (Lipinski definition) is 3. The van der Waals surface area contributed by atoms with E-state index < -0.39 is 23.5 Å². The van der Waals surface area contributed by atoms with Crippen molar-refractivity contribution in [1.29, 1.82) is 0 Å². The molecule has 0 aromatic heterocycles. The van der Waals surface area contributed by atoms with Crippen LogP contribution >= 0.6 is 0 Å². The molecule has 1 aliphatic carbocycles. The number of benzene rings is 1. The molecular weight excluding hydrogens is 386 g/mol. The molecule has 3 rings (SSSR count). The van der Waals surface area contributed by atoms with Gasteiger partial charge >= 0.3 is 0 Å². The highest BCUT2D eigenvalue weighted by Gasteiger charge is 2.49. The first-order valence-corrected chi connectivity index (χ1v) is 15.1. The van der Waals surface area contributed by atoms with E-state index in [1.54, 1.807) is 16.4 Å². The number of aryl methyl sites for hydroxylation is 1. The third-order valence-electron chi connectivity index (χ3n) is 6.01. The lowest BCUT2D eigenvalue weighted by atomic mass is 9.61. The van der Waals surface area contributed by atoms with Gasteiger partial charge in [0.2, 0.25) is 10.0 Å². The molecule has 0 N–H and O–H groups in total. The summed E-state index contributed by atoms with van der Waals surface area (Å²) in [5.41, 5.74) is 4.04. The van der Waals surface area contributed by atoms with Crippen LogP contribution < -0.4 is 0 Å². The van der Waals surface area contributed by atoms with Crippen LogP contribution in [0.1, 0.15) is 37.7 Å². The van der Waals surface area contributed by atoms with Gasteiger partial charge in [0.15, 0.2) is 0 Å². The van der Waals surface area contributed by atoms with E-state index in [0.717, 1.165) is 18.4 Å². The molecule has 1 heterocycles. The quantitative estimate of drug-likeness (QED) is 0.691. The van der Waals surface area contributed by atoms with E-state index in [1.165, 1.54) is 0 Å². The summed E-state index contributed by atoms with van der Waals surface area (Å²) < 4.78 is 27.6. The molecule has 1 saturated carbocycles. The van der Waals surface area contributed by atoms with Crippen LogP contribution in [0.3, 0.4) is 0 Å². The summed E-state index contributed by atoms with van der Waals surface area (Å²) in [4.78, 5) is 13.3. The second-order valence-electron chi connectivity index (χ2n) is 9.26. The van der Waals surface area contributed by atoms with Crippen molar-refractivity contribution in [3.05, 3.63) is 41.6 Å². The molecule has 1 aliphatic heterocycles. The van der Waals surface area contributed by atoms with Gasteiger partial charge in [-0.3, -0.25) is 4.79 Å². The van der Waals surface area contributed by atoms with Crippen LogP contribution in [0.5, 0.6) is 0 Å². The Bertz CT molecular complexity index is 845. The minimum absolute atomic E-state index is 0.0738. The molecule has 1 saturated heterocycles. The molecule has 2 aliphatic rings. The summed E-state index contributed by atoms with van der Waals surface area (Å²) in [5, 5.41) is 0. The van der Waals surface area contributed by atoms with Crippen molar-refractivity contribution in [1.82, 2.24) is 4.31 Å². The van der Waals surface area contributed by atoms with Crippen LogP contribution in [0.25, 0.3) is 0 Å². The zero-order valence-corrected chi connectivity index (χ0v) is 19.2. The van der Waals surface area contributed by atoms with E-state index in [-0.39, 0.29) is 5.92 Å². The van der Waals surface area contributed by atoms with Gasteiger partial charge in [-0.05, 0) is 56.7 Å². The number of piperidine rings is 1. The SMILES string of the molecule is Cc1ccc(S(=O)(=O)N2CCC3(CC2)C(=O)CCCC3[C]=[C][Si](C)(C)C)cc1. The number of ketones is 1. The summed E-state index contributed by atoms with van der Waals surface area (Å²) in [7, 11) is -5.03. The Morgan fingerprint density at radius 1 is 1.11 bits per heavy atom. The van der Waals surface area contributed by atoms with Gasteiger partial charge in [0.1, 0.15) is 5.78 Å². The number of Topliss-reactive ketones (excluding diaryl/α,β-unsaturated/α-hetero) is 1. The fourth-order valence-corrected chi connectivity index (χ4v) is 6.36. The van der Waals surface area contributed by atoms with Gasteiger partial charge in [-0.1, -0.05) is 43.0 Å². The Morgan fingerprint density at radius 3 is 2.29 bits per heavy atom. The first-order chi connectivity index (χ1) is 13.0. The zero-order valence-electron chi connectivity index (χ0n) is 17.4. The summed E-state index contributed by atoms with van der Waals surface area (Å²) in [6.07, 6.45) is 7.10. The summed E-state index contributed by atoms with van der Waals surface area (Å²) >= 11 is 0. The first kappa shape index (κ1) is 21.5. The highest BCUT2D eigenvalue weighted by molar-refractivity contribution is 7.89. The summed E-state index contributed by atoms with van der Waals surface area (Å²) in [5.74, 6) is 0.366. The monoisotopic (exact) mass is 417 g/mol. The molecular formula is C22H31NO3SSi. The Morgan fingerprint density at radius 2 is 1.71 bits per heavy atom. The molecule has 6 heteroatoms. The largest absolute Gasteiger partial charge is 0.299 e. The molecule has 1 atom stereocenters. The fourth-order valence-electron chi connectivity index (χ4n) is 4.31. The van der Waals surface area contributed by atoms with Crippen molar-refractivity contribution in [3.8, 4) is 0 Å². The standard InChI is InChI=1S/C22H31NO3SSi/c1-18-8-10-20(11-9-18)27(25,26)23-15-13-22(14-16-23)19(6-5-7-21(22)24)12-17-28(2,3)4/h8-11,19H,5-7,13-16H2,1-4H3. The number of hydrogen-bond donors (Lipinski definition) is 0. The van der Waals surface area contributed by atoms with Gasteiger partial charge in [0, 0.05) is 24.9 Å². The molecule has 28 heavy (non-hydrogen) atoms. The number of sulfonamides is 1. The van der Waals surface area contributed by atoms with Gasteiger partial charge in [-0.25, -0.2) is 8.42 Å². The van der Waals surface area contributed by atoms with Crippen molar-refractivity contribution in [2.45, 2.75) is 63.6 Å². The minimum atomic E-state index is -3.51. The van der Waals surface area contributed by atoms with Gasteiger partial charge in [-0.15, -0.1) is 0 Å². The van der Waals surface area contributed by atoms with E-state index in [1.807, 2.05) is 19.1 Å². The third-order valence-corrected chi connectivity index (χ3v) is 8.82. The molecule has 1 aromatic rings. The van der Waals surface area contributed by atoms with Crippen LogP contribution in [0.15, 0.2) is 29.2 Å². The molecule has 0 amide bonds. The zero-order chi connectivity index (χ0) is 20.6. The lowest BCUT2D eigenvalue weighted by Gasteiger charge is -2.46. The lowest BCUT2D eigenvalue weighted by Crippen LogP contribution is -2.51. The van der Waals surface area contributed by atoms with Crippen LogP contribution in [0.2, 0.25) is 19.6 Å². The topological polar surface area (TPSA) is 54.5 Å². The molecule has 2 radical (unpaired) electrons. The number of allylic oxidation sites excluding steroid dienone is 1. The Labute approximate surface area is 171 Å². The van der Waals surface area contributed by atoms with Crippen molar-refractivity contribution >= 4 is 23.9 Å². The molecule has 1 unspecified atom stereocenters. The maximum Gasteiger partial charge on any atom is 0.243 e. The van der Waals surface area contributed by atoms with Crippen molar-refractivity contribution < 1.29 is 13.2 Å². The number of rotatable bonds is 4. The summed E-state index contributed by atoms with van der Waals surface area (Å²) in [6.45, 7) is 9.38. The summed E-state index contributed by atoms with van der Waals surface area (Å²) in [6, 6.07) is 6.99. The smallest absolute Gasteiger partial charge is 0.243 e. The average molecular weight is 418 g/mol. The maximum absolute atomic E-state index is 13.0. The van der Waals surface area contributed by atoms with E-state index in [0.29, 0.717) is 43.0 Å². The number of carbonyl (C=O) groups is 1. The van der Waals surface area contributed by atoms with E-state index >= 15 is 0 Å². The molecule has 1 spiro atoms. The van der Waals surface area contributed by atoms with Gasteiger partial charge in [-0.2, -0.15) is 4.31 Å². The Hall–Kier alpha value is -1.24. The third kappa shape index (κ3) is 4.34. The lowest BCUT2D eigenvalue weighted by molar-refractivity contribution is -0.137. The van der Waals surface area contributed by atoms with E-state index in [4.69, 9.17) is 0 Å². The van der Waals surface area contributed by atoms with Gasteiger partial charge in [0.05, 0.1) is 13.0 Å². The molecule has 1 aromatic carbocycles. The minimum Gasteiger partial charge on any atom is -0.299 e. The normalized spacial score (nSPS) is 24.1. The highest BCUT2D eigenvalue weighted by atomic mass is 32.2. The van der Waals surface area contributed by atoms with Crippen molar-refractivity contribution in [2.75, 3.05) is 13.1 Å². The average Bonchev–Trinajstić information content (AvgIpc) is 2.63. The van der Waals surface area contributed by atoms with E-state index in [9.17, 15) is 13.2 Å². The van der Waals surface area contributed by atoms with Crippen LogP contribution in [-0.2, 0) is 14.8 Å². The highest BCUT2D eigenvalue weighted by Crippen LogP contribution is 2.47. The second-order valence-corrected chi connectivity index (χ2v) is 15.9. The van der Waals surface area contributed by atoms with Gasteiger partial charge < -0.3 is 0 Å². The fraction of sp³-hybridized carbons (Fsp3) is 0.591. The van der Waals surface area contributed by atoms with Gasteiger partial charge in [0.25, 0.3) is 0 Å².